The van der Waals surface area contributed by atoms with Crippen LogP contribution in [0, 0.1) is 13.8 Å². The van der Waals surface area contributed by atoms with Gasteiger partial charge in [-0.1, -0.05) is 29.8 Å². The highest BCUT2D eigenvalue weighted by Crippen LogP contribution is 2.22. The van der Waals surface area contributed by atoms with Gasteiger partial charge in [0.1, 0.15) is 5.75 Å². The average molecular weight is 454 g/mol. The number of rotatable bonds is 6. The smallest absolute Gasteiger partial charge is 0.387 e. The lowest BCUT2D eigenvalue weighted by atomic mass is 10.2. The van der Waals surface area contributed by atoms with Gasteiger partial charge in [-0.25, -0.2) is 13.2 Å². The first-order valence-corrected chi connectivity index (χ1v) is 11.2. The normalized spacial score (nSPS) is 15.2. The van der Waals surface area contributed by atoms with Crippen LogP contribution in [0.4, 0.5) is 13.6 Å². The van der Waals surface area contributed by atoms with Gasteiger partial charge in [0.2, 0.25) is 10.0 Å². The van der Waals surface area contributed by atoms with Gasteiger partial charge in [-0.2, -0.15) is 13.1 Å². The number of alkyl halides is 2. The molecule has 31 heavy (non-hydrogen) atoms. The van der Waals surface area contributed by atoms with Crippen molar-refractivity contribution in [2.45, 2.75) is 31.9 Å². The van der Waals surface area contributed by atoms with Crippen LogP contribution in [0.3, 0.4) is 0 Å². The molecule has 0 radical (unpaired) electrons. The third-order valence-corrected chi connectivity index (χ3v) is 7.10. The second-order valence-electron chi connectivity index (χ2n) is 7.34. The molecule has 0 atom stereocenters. The molecule has 1 N–H and O–H groups in total. The van der Waals surface area contributed by atoms with Gasteiger partial charge in [0.05, 0.1) is 4.90 Å². The van der Waals surface area contributed by atoms with E-state index in [1.54, 1.807) is 31.2 Å². The van der Waals surface area contributed by atoms with Gasteiger partial charge in [0.25, 0.3) is 0 Å². The summed E-state index contributed by atoms with van der Waals surface area (Å²) in [6.07, 6.45) is 0. The topological polar surface area (TPSA) is 79.0 Å². The van der Waals surface area contributed by atoms with Crippen LogP contribution in [0.15, 0.2) is 47.4 Å². The van der Waals surface area contributed by atoms with Crippen LogP contribution in [0.2, 0.25) is 0 Å². The number of carbonyl (C=O) groups is 1. The standard InChI is InChI=1S/C21H25F2N3O4S/c1-15-6-7-19(16(2)12-15)31(28,29)26-10-8-25(9-11-26)21(27)24-14-17-4-3-5-18(13-17)30-20(22)23/h3-7,12-13,20H,8-11,14H2,1-2H3,(H,24,27). The summed E-state index contributed by atoms with van der Waals surface area (Å²) in [5.41, 5.74) is 2.30. The molecule has 10 heteroatoms. The number of nitrogens with zero attached hydrogens (tertiary/aromatic N) is 2. The van der Waals surface area contributed by atoms with Crippen LogP contribution in [0.1, 0.15) is 16.7 Å². The van der Waals surface area contributed by atoms with Gasteiger partial charge >= 0.3 is 12.6 Å². The molecule has 0 unspecified atom stereocenters. The molecular formula is C21H25F2N3O4S. The molecule has 1 aliphatic heterocycles. The van der Waals surface area contributed by atoms with Crippen molar-refractivity contribution in [3.63, 3.8) is 0 Å². The molecule has 3 rings (SSSR count). The highest BCUT2D eigenvalue weighted by molar-refractivity contribution is 7.89. The molecule has 0 bridgehead atoms. The fourth-order valence-corrected chi connectivity index (χ4v) is 5.11. The molecule has 0 spiro atoms. The molecule has 0 aromatic heterocycles. The highest BCUT2D eigenvalue weighted by atomic mass is 32.2. The molecular weight excluding hydrogens is 428 g/mol. The molecule has 7 nitrogen and oxygen atoms in total. The van der Waals surface area contributed by atoms with E-state index in [4.69, 9.17) is 0 Å². The Morgan fingerprint density at radius 1 is 1.10 bits per heavy atom. The number of hydrogen-bond acceptors (Lipinski definition) is 4. The van der Waals surface area contributed by atoms with Gasteiger partial charge < -0.3 is 15.0 Å². The number of hydrogen-bond donors (Lipinski definition) is 1. The maximum atomic E-state index is 13.0. The van der Waals surface area contributed by atoms with E-state index >= 15 is 0 Å². The Labute approximate surface area is 180 Å². The molecule has 0 saturated carbocycles. The van der Waals surface area contributed by atoms with E-state index < -0.39 is 16.6 Å². The molecule has 1 saturated heterocycles. The Kier molecular flexibility index (Phi) is 7.11. The fraction of sp³-hybridized carbons (Fsp3) is 0.381. The lowest BCUT2D eigenvalue weighted by Gasteiger charge is -2.34. The minimum Gasteiger partial charge on any atom is -0.435 e. The summed E-state index contributed by atoms with van der Waals surface area (Å²) in [6, 6.07) is 11.0. The SMILES string of the molecule is Cc1ccc(S(=O)(=O)N2CCN(C(=O)NCc3cccc(OC(F)F)c3)CC2)c(C)c1. The largest absolute Gasteiger partial charge is 0.435 e. The number of aryl methyl sites for hydroxylation is 2. The maximum absolute atomic E-state index is 13.0. The van der Waals surface area contributed by atoms with Crippen LogP contribution in [-0.4, -0.2) is 56.4 Å². The average Bonchev–Trinajstić information content (AvgIpc) is 2.71. The minimum atomic E-state index is -3.63. The number of sulfonamides is 1. The third kappa shape index (κ3) is 5.71. The van der Waals surface area contributed by atoms with Gasteiger partial charge in [0.15, 0.2) is 0 Å². The first-order chi connectivity index (χ1) is 14.7. The van der Waals surface area contributed by atoms with Crippen molar-refractivity contribution in [1.29, 1.82) is 0 Å². The number of piperazine rings is 1. The lowest BCUT2D eigenvalue weighted by Crippen LogP contribution is -2.53. The van der Waals surface area contributed by atoms with E-state index in [0.717, 1.165) is 5.56 Å². The lowest BCUT2D eigenvalue weighted by molar-refractivity contribution is -0.0498. The van der Waals surface area contributed by atoms with Crippen LogP contribution in [0.25, 0.3) is 0 Å². The molecule has 2 aromatic rings. The van der Waals surface area contributed by atoms with Crippen molar-refractivity contribution in [3.05, 3.63) is 59.2 Å². The van der Waals surface area contributed by atoms with Crippen LogP contribution < -0.4 is 10.1 Å². The predicted octanol–water partition coefficient (Wildman–Crippen LogP) is 3.12. The van der Waals surface area contributed by atoms with Crippen LogP contribution in [0.5, 0.6) is 5.75 Å². The number of ether oxygens (including phenoxy) is 1. The summed E-state index contributed by atoms with van der Waals surface area (Å²) in [6.45, 7) is 1.80. The zero-order valence-electron chi connectivity index (χ0n) is 17.3. The molecule has 168 valence electrons. The molecule has 2 aromatic carbocycles. The van der Waals surface area contributed by atoms with Crippen molar-refractivity contribution in [2.24, 2.45) is 0 Å². The maximum Gasteiger partial charge on any atom is 0.387 e. The number of nitrogens with one attached hydrogen (secondary N) is 1. The number of amides is 2. The summed E-state index contributed by atoms with van der Waals surface area (Å²) < 4.78 is 56.3. The second-order valence-corrected chi connectivity index (χ2v) is 9.25. The quantitative estimate of drug-likeness (QED) is 0.729. The molecule has 2 amide bonds. The number of halogens is 2. The zero-order valence-corrected chi connectivity index (χ0v) is 18.2. The van der Waals surface area contributed by atoms with Crippen LogP contribution >= 0.6 is 0 Å². The number of urea groups is 1. The Hall–Kier alpha value is -2.72. The van der Waals surface area contributed by atoms with Crippen molar-refractivity contribution < 1.29 is 26.7 Å². The molecule has 1 heterocycles. The monoisotopic (exact) mass is 453 g/mol. The van der Waals surface area contributed by atoms with Gasteiger partial charge in [-0.3, -0.25) is 0 Å². The predicted molar refractivity (Wildman–Crippen MR) is 112 cm³/mol. The van der Waals surface area contributed by atoms with E-state index in [1.165, 1.54) is 21.3 Å². The summed E-state index contributed by atoms with van der Waals surface area (Å²) in [5, 5.41) is 2.73. The summed E-state index contributed by atoms with van der Waals surface area (Å²) in [5.74, 6) is 0.0203. The summed E-state index contributed by atoms with van der Waals surface area (Å²) in [4.78, 5) is 14.3. The Morgan fingerprint density at radius 3 is 2.45 bits per heavy atom. The van der Waals surface area contributed by atoms with Crippen molar-refractivity contribution in [2.75, 3.05) is 26.2 Å². The Balaban J connectivity index is 1.55. The molecule has 1 fully saturated rings. The highest BCUT2D eigenvalue weighted by Gasteiger charge is 2.31. The Morgan fingerprint density at radius 2 is 1.81 bits per heavy atom. The summed E-state index contributed by atoms with van der Waals surface area (Å²) >= 11 is 0. The third-order valence-electron chi connectivity index (χ3n) is 5.04. The fourth-order valence-electron chi connectivity index (χ4n) is 3.48. The zero-order chi connectivity index (χ0) is 22.6. The van der Waals surface area contributed by atoms with E-state index in [-0.39, 0.29) is 49.4 Å². The van der Waals surface area contributed by atoms with Crippen molar-refractivity contribution >= 4 is 16.1 Å². The minimum absolute atomic E-state index is 0.0203. The van der Waals surface area contributed by atoms with Gasteiger partial charge in [-0.15, -0.1) is 0 Å². The first kappa shape index (κ1) is 23.0. The van der Waals surface area contributed by atoms with Crippen LogP contribution in [-0.2, 0) is 16.6 Å². The van der Waals surface area contributed by atoms with Gasteiger partial charge in [0, 0.05) is 32.7 Å². The molecule has 1 aliphatic rings. The molecule has 0 aliphatic carbocycles. The first-order valence-electron chi connectivity index (χ1n) is 9.81. The van der Waals surface area contributed by atoms with E-state index in [1.807, 2.05) is 13.0 Å². The van der Waals surface area contributed by atoms with Gasteiger partial charge in [-0.05, 0) is 43.2 Å². The van der Waals surface area contributed by atoms with E-state index in [2.05, 4.69) is 10.1 Å². The second kappa shape index (κ2) is 9.61. The van der Waals surface area contributed by atoms with E-state index in [9.17, 15) is 22.0 Å². The Bertz CT molecular complexity index is 1040. The van der Waals surface area contributed by atoms with E-state index in [0.29, 0.717) is 11.1 Å². The number of carbonyl (C=O) groups excluding carboxylic acids is 1. The number of benzene rings is 2. The summed E-state index contributed by atoms with van der Waals surface area (Å²) in [7, 11) is -3.63. The van der Waals surface area contributed by atoms with Crippen molar-refractivity contribution in [3.8, 4) is 5.75 Å². The van der Waals surface area contributed by atoms with Crippen molar-refractivity contribution in [1.82, 2.24) is 14.5 Å².